The molecule has 69 heavy (non-hydrogen) atoms. The fraction of sp³-hybridized carbons (Fsp3) is 0.966. The van der Waals surface area contributed by atoms with Gasteiger partial charge in [0, 0.05) is 12.8 Å². The van der Waals surface area contributed by atoms with Gasteiger partial charge in [-0.25, -0.2) is 0 Å². The molecule has 412 valence electrons. The van der Waals surface area contributed by atoms with Crippen LogP contribution in [0.5, 0.6) is 0 Å². The number of likely N-dealkylation sites (N-methyl/N-ethyl adjacent to an activating group) is 1. The third-order valence-corrected chi connectivity index (χ3v) is 14.8. The van der Waals surface area contributed by atoms with Gasteiger partial charge in [-0.3, -0.25) is 14.2 Å². The topological polar surface area (TPSA) is 111 Å². The zero-order valence-corrected chi connectivity index (χ0v) is 47.7. The Hall–Kier alpha value is -0.990. The Morgan fingerprint density at radius 3 is 0.928 bits per heavy atom. The van der Waals surface area contributed by atoms with Gasteiger partial charge in [0.05, 0.1) is 27.7 Å². The molecule has 9 nitrogen and oxygen atoms in total. The molecule has 0 aromatic carbocycles. The van der Waals surface area contributed by atoms with E-state index < -0.39 is 26.5 Å². The predicted octanol–water partition coefficient (Wildman–Crippen LogP) is 18.0. The maximum Gasteiger partial charge on any atom is 0.306 e. The van der Waals surface area contributed by atoms with Crippen molar-refractivity contribution in [3.63, 3.8) is 0 Å². The Bertz CT molecular complexity index is 1130. The lowest BCUT2D eigenvalue weighted by Gasteiger charge is -2.28. The molecule has 0 aromatic heterocycles. The second-order valence-electron chi connectivity index (χ2n) is 22.1. The molecule has 0 saturated heterocycles. The Morgan fingerprint density at radius 1 is 0.391 bits per heavy atom. The highest BCUT2D eigenvalue weighted by Crippen LogP contribution is 2.38. The first kappa shape index (κ1) is 68.0. The van der Waals surface area contributed by atoms with Crippen molar-refractivity contribution >= 4 is 19.8 Å². The first-order valence-corrected chi connectivity index (χ1v) is 31.7. The molecule has 0 aromatic rings. The van der Waals surface area contributed by atoms with Crippen LogP contribution in [0.2, 0.25) is 0 Å². The van der Waals surface area contributed by atoms with Gasteiger partial charge in [0.25, 0.3) is 7.82 Å². The van der Waals surface area contributed by atoms with Crippen LogP contribution >= 0.6 is 7.82 Å². The van der Waals surface area contributed by atoms with Crippen molar-refractivity contribution in [3.05, 3.63) is 0 Å². The largest absolute Gasteiger partial charge is 0.756 e. The highest BCUT2D eigenvalue weighted by Gasteiger charge is 2.22. The SMILES string of the molecule is CCCCCCCCCCCCCCCCCCCCCCCCCCCCCCCCCCCCC(=O)OC(COC(=O)CCCCCCCCCCCCC)COP(=O)([O-])OCC[N+](C)(C)C. The van der Waals surface area contributed by atoms with Gasteiger partial charge < -0.3 is 27.9 Å². The lowest BCUT2D eigenvalue weighted by Crippen LogP contribution is -2.37. The van der Waals surface area contributed by atoms with E-state index in [9.17, 15) is 19.0 Å². The van der Waals surface area contributed by atoms with Crippen molar-refractivity contribution in [2.24, 2.45) is 0 Å². The summed E-state index contributed by atoms with van der Waals surface area (Å²) in [5.74, 6) is -0.814. The van der Waals surface area contributed by atoms with Crippen LogP contribution in [0.3, 0.4) is 0 Å². The molecular weight excluding hydrogens is 882 g/mol. The van der Waals surface area contributed by atoms with Crippen LogP contribution in [-0.4, -0.2) is 70.0 Å². The van der Waals surface area contributed by atoms with Gasteiger partial charge in [0.1, 0.15) is 19.8 Å². The number of esters is 2. The van der Waals surface area contributed by atoms with Gasteiger partial charge in [0.2, 0.25) is 0 Å². The third kappa shape index (κ3) is 56.2. The number of ether oxygens (including phenoxy) is 2. The summed E-state index contributed by atoms with van der Waals surface area (Å²) in [6.07, 6.45) is 59.0. The summed E-state index contributed by atoms with van der Waals surface area (Å²) in [7, 11) is 1.19. The summed E-state index contributed by atoms with van der Waals surface area (Å²) >= 11 is 0. The smallest absolute Gasteiger partial charge is 0.306 e. The van der Waals surface area contributed by atoms with E-state index in [1.54, 1.807) is 0 Å². The van der Waals surface area contributed by atoms with Crippen molar-refractivity contribution in [1.82, 2.24) is 0 Å². The molecule has 2 unspecified atom stereocenters. The molecule has 0 heterocycles. The van der Waals surface area contributed by atoms with Crippen molar-refractivity contribution in [2.75, 3.05) is 47.5 Å². The highest BCUT2D eigenvalue weighted by atomic mass is 31.2. The summed E-state index contributed by atoms with van der Waals surface area (Å²) in [5, 5.41) is 0. The van der Waals surface area contributed by atoms with Crippen LogP contribution in [-0.2, 0) is 32.7 Å². The first-order valence-electron chi connectivity index (χ1n) is 30.2. The molecule has 0 amide bonds. The number of quaternary nitrogens is 1. The zero-order chi connectivity index (χ0) is 50.6. The van der Waals surface area contributed by atoms with E-state index in [1.165, 1.54) is 250 Å². The van der Waals surface area contributed by atoms with Gasteiger partial charge in [0.15, 0.2) is 6.10 Å². The molecule has 0 aliphatic carbocycles. The van der Waals surface area contributed by atoms with E-state index >= 15 is 0 Å². The molecule has 0 aliphatic heterocycles. The Balaban J connectivity index is 3.88. The number of carbonyl (C=O) groups excluding carboxylic acids is 2. The van der Waals surface area contributed by atoms with Crippen molar-refractivity contribution in [3.8, 4) is 0 Å². The van der Waals surface area contributed by atoms with Crippen molar-refractivity contribution in [1.29, 1.82) is 0 Å². The predicted molar refractivity (Wildman–Crippen MR) is 292 cm³/mol. The summed E-state index contributed by atoms with van der Waals surface area (Å²) < 4.78 is 34.1. The molecule has 0 bridgehead atoms. The number of phosphoric acid groups is 1. The quantitative estimate of drug-likeness (QED) is 0.0256. The molecule has 10 heteroatoms. The van der Waals surface area contributed by atoms with E-state index in [0.717, 1.165) is 32.1 Å². The molecule has 0 radical (unpaired) electrons. The minimum atomic E-state index is -4.62. The van der Waals surface area contributed by atoms with Crippen LogP contribution < -0.4 is 4.89 Å². The van der Waals surface area contributed by atoms with E-state index in [1.807, 2.05) is 21.1 Å². The Kier molecular flexibility index (Phi) is 51.1. The second-order valence-corrected chi connectivity index (χ2v) is 23.5. The molecular formula is C59H118NO8P. The lowest BCUT2D eigenvalue weighted by atomic mass is 10.0. The fourth-order valence-electron chi connectivity index (χ4n) is 9.19. The maximum absolute atomic E-state index is 12.8. The number of rotatable bonds is 57. The number of carbonyl (C=O) groups is 2. The summed E-state index contributed by atoms with van der Waals surface area (Å²) in [5.41, 5.74) is 0. The summed E-state index contributed by atoms with van der Waals surface area (Å²) in [6, 6.07) is 0. The van der Waals surface area contributed by atoms with Crippen LogP contribution in [0.1, 0.15) is 316 Å². The number of unbranched alkanes of at least 4 members (excludes halogenated alkanes) is 43. The summed E-state index contributed by atoms with van der Waals surface area (Å²) in [6.45, 7) is 4.29. The minimum absolute atomic E-state index is 0.0254. The van der Waals surface area contributed by atoms with E-state index in [-0.39, 0.29) is 32.0 Å². The Labute approximate surface area is 429 Å². The zero-order valence-electron chi connectivity index (χ0n) is 46.8. The first-order chi connectivity index (χ1) is 33.5. The van der Waals surface area contributed by atoms with Gasteiger partial charge in [-0.15, -0.1) is 0 Å². The monoisotopic (exact) mass is 1000 g/mol. The average Bonchev–Trinajstić information content (AvgIpc) is 3.31. The molecule has 0 N–H and O–H groups in total. The van der Waals surface area contributed by atoms with Crippen molar-refractivity contribution < 1.29 is 42.1 Å². The van der Waals surface area contributed by atoms with E-state index in [2.05, 4.69) is 13.8 Å². The molecule has 0 fully saturated rings. The minimum Gasteiger partial charge on any atom is -0.756 e. The molecule has 0 spiro atoms. The third-order valence-electron chi connectivity index (χ3n) is 13.9. The van der Waals surface area contributed by atoms with E-state index in [4.69, 9.17) is 18.5 Å². The number of nitrogens with zero attached hydrogens (tertiary/aromatic N) is 1. The molecule has 0 saturated carbocycles. The number of hydrogen-bond donors (Lipinski definition) is 0. The molecule has 0 rings (SSSR count). The van der Waals surface area contributed by atoms with Crippen LogP contribution in [0.15, 0.2) is 0 Å². The number of phosphoric ester groups is 1. The van der Waals surface area contributed by atoms with E-state index in [0.29, 0.717) is 17.4 Å². The molecule has 0 aliphatic rings. The van der Waals surface area contributed by atoms with Gasteiger partial charge >= 0.3 is 11.9 Å². The fourth-order valence-corrected chi connectivity index (χ4v) is 9.92. The molecule has 2 atom stereocenters. The number of hydrogen-bond acceptors (Lipinski definition) is 8. The average molecular weight is 1000 g/mol. The van der Waals surface area contributed by atoms with Crippen LogP contribution in [0.4, 0.5) is 0 Å². The van der Waals surface area contributed by atoms with Gasteiger partial charge in [-0.1, -0.05) is 290 Å². The lowest BCUT2D eigenvalue weighted by molar-refractivity contribution is -0.870. The maximum atomic E-state index is 12.8. The van der Waals surface area contributed by atoms with Gasteiger partial charge in [-0.2, -0.15) is 0 Å². The second kappa shape index (κ2) is 51.9. The Morgan fingerprint density at radius 2 is 0.652 bits per heavy atom. The summed E-state index contributed by atoms with van der Waals surface area (Å²) in [4.78, 5) is 37.7. The van der Waals surface area contributed by atoms with Crippen LogP contribution in [0.25, 0.3) is 0 Å². The highest BCUT2D eigenvalue weighted by molar-refractivity contribution is 7.45. The standard InChI is InChI=1S/C59H118NO8P/c1-6-8-10-12-14-16-18-19-20-21-22-23-24-25-26-27-28-29-30-31-32-33-34-35-36-37-38-39-40-42-44-46-48-50-52-59(62)68-57(56-67-69(63,64)66-54-53-60(3,4)5)55-65-58(61)51-49-47-45-43-41-17-15-13-11-9-7-2/h57H,6-56H2,1-5H3. The van der Waals surface area contributed by atoms with Gasteiger partial charge in [-0.05, 0) is 12.8 Å². The normalized spacial score (nSPS) is 13.2. The van der Waals surface area contributed by atoms with Crippen LogP contribution in [0, 0.1) is 0 Å². The van der Waals surface area contributed by atoms with Crippen molar-refractivity contribution in [2.45, 2.75) is 322 Å².